The van der Waals surface area contributed by atoms with Gasteiger partial charge in [0.2, 0.25) is 5.28 Å². The summed E-state index contributed by atoms with van der Waals surface area (Å²) in [4.78, 5) is 21.8. The van der Waals surface area contributed by atoms with Gasteiger partial charge in [-0.1, -0.05) is 11.2 Å². The van der Waals surface area contributed by atoms with Gasteiger partial charge in [-0.3, -0.25) is 0 Å². The Kier molecular flexibility index (Phi) is 4.57. The molecule has 2 aromatic heterocycles. The first kappa shape index (κ1) is 16.1. The van der Waals surface area contributed by atoms with Crippen molar-refractivity contribution in [1.82, 2.24) is 19.9 Å². The van der Waals surface area contributed by atoms with Gasteiger partial charge in [-0.05, 0) is 11.6 Å². The summed E-state index contributed by atoms with van der Waals surface area (Å²) in [5, 5.41) is 0.175. The predicted octanol–water partition coefficient (Wildman–Crippen LogP) is 0.478. The van der Waals surface area contributed by atoms with Gasteiger partial charge in [0.25, 0.3) is 0 Å². The van der Waals surface area contributed by atoms with Crippen LogP contribution in [0.2, 0.25) is 5.28 Å². The topological polar surface area (TPSA) is 90.3 Å². The Morgan fingerprint density at radius 1 is 0.958 bits per heavy atom. The van der Waals surface area contributed by atoms with Gasteiger partial charge in [-0.25, -0.2) is 15.0 Å². The highest BCUT2D eigenvalue weighted by Crippen LogP contribution is 2.30. The summed E-state index contributed by atoms with van der Waals surface area (Å²) < 4.78 is 17.0. The van der Waals surface area contributed by atoms with Crippen LogP contribution in [-0.4, -0.2) is 75.4 Å². The number of morpholine rings is 1. The van der Waals surface area contributed by atoms with Gasteiger partial charge < -0.3 is 19.1 Å². The molecule has 4 heterocycles. The van der Waals surface area contributed by atoms with Gasteiger partial charge in [0.05, 0.1) is 26.3 Å². The Labute approximate surface area is 147 Å². The maximum atomic E-state index is 11.6. The van der Waals surface area contributed by atoms with E-state index in [1.54, 1.807) is 0 Å². The molecular formula is C14H17ClN6O2S. The normalized spacial score (nSPS) is 19.9. The number of fused-ring (bicyclic) bond motifs is 1. The van der Waals surface area contributed by atoms with E-state index in [1.807, 2.05) is 0 Å². The van der Waals surface area contributed by atoms with Crippen LogP contribution in [0.3, 0.4) is 0 Å². The molecule has 0 atom stereocenters. The second-order valence-electron chi connectivity index (χ2n) is 5.65. The van der Waals surface area contributed by atoms with Crippen LogP contribution in [0.4, 0.5) is 11.6 Å². The monoisotopic (exact) mass is 368 g/mol. The summed E-state index contributed by atoms with van der Waals surface area (Å²) >= 11 is 5.42. The van der Waals surface area contributed by atoms with Gasteiger partial charge in [0.1, 0.15) is 28.9 Å². The van der Waals surface area contributed by atoms with Crippen LogP contribution in [-0.2, 0) is 15.9 Å². The molecule has 0 aliphatic carbocycles. The Bertz CT molecular complexity index is 737. The first-order chi connectivity index (χ1) is 11.7. The quantitative estimate of drug-likeness (QED) is 0.558. The van der Waals surface area contributed by atoms with Gasteiger partial charge in [-0.15, -0.1) is 0 Å². The number of hydrogen-bond donors (Lipinski definition) is 0. The minimum atomic E-state index is -0.755. The van der Waals surface area contributed by atoms with Crippen LogP contribution in [0.25, 0.3) is 11.0 Å². The van der Waals surface area contributed by atoms with Gasteiger partial charge in [0.15, 0.2) is 11.6 Å². The smallest absolute Gasteiger partial charge is 0.225 e. The molecule has 2 aliphatic rings. The number of nitrogens with zero attached hydrogens (tertiary/aromatic N) is 6. The Morgan fingerprint density at radius 2 is 1.67 bits per heavy atom. The molecular weight excluding hydrogens is 352 g/mol. The fourth-order valence-corrected chi connectivity index (χ4v) is 4.19. The molecule has 2 aromatic rings. The molecule has 4 rings (SSSR count). The average molecular weight is 369 g/mol. The van der Waals surface area contributed by atoms with Crippen LogP contribution in [0, 0.1) is 0 Å². The summed E-state index contributed by atoms with van der Waals surface area (Å²) in [5.41, 5.74) is 1.34. The minimum absolute atomic E-state index is 0.175. The van der Waals surface area contributed by atoms with Crippen molar-refractivity contribution in [2.24, 2.45) is 0 Å². The number of hydrogen-bond acceptors (Lipinski definition) is 8. The highest BCUT2D eigenvalue weighted by molar-refractivity contribution is 7.91. The number of aromatic nitrogens is 4. The van der Waals surface area contributed by atoms with E-state index >= 15 is 0 Å². The van der Waals surface area contributed by atoms with Crippen LogP contribution in [0.15, 0.2) is 6.33 Å². The molecule has 0 spiro atoms. The number of halogens is 1. The zero-order valence-electron chi connectivity index (χ0n) is 13.0. The van der Waals surface area contributed by atoms with Gasteiger partial charge >= 0.3 is 0 Å². The molecule has 0 bridgehead atoms. The largest absolute Gasteiger partial charge is 0.616 e. The standard InChI is InChI=1S/C14H17ClN6O2S/c15-14-18-11-10(13(19-14)21-3-7-24(22)8-4-21)16-9-17-12(11)20-1-5-23-6-2-20/h9H,1-8H2. The van der Waals surface area contributed by atoms with E-state index in [9.17, 15) is 4.55 Å². The van der Waals surface area contributed by atoms with E-state index in [4.69, 9.17) is 16.3 Å². The Morgan fingerprint density at radius 3 is 2.42 bits per heavy atom. The van der Waals surface area contributed by atoms with Crippen molar-refractivity contribution in [1.29, 1.82) is 0 Å². The third-order valence-corrected chi connectivity index (χ3v) is 5.65. The maximum Gasteiger partial charge on any atom is 0.225 e. The van der Waals surface area contributed by atoms with E-state index < -0.39 is 11.2 Å². The second kappa shape index (κ2) is 6.83. The van der Waals surface area contributed by atoms with Crippen molar-refractivity contribution in [2.45, 2.75) is 0 Å². The van der Waals surface area contributed by atoms with Crippen molar-refractivity contribution in [2.75, 3.05) is 60.7 Å². The highest BCUT2D eigenvalue weighted by atomic mass is 35.5. The van der Waals surface area contributed by atoms with E-state index in [0.717, 1.165) is 18.9 Å². The predicted molar refractivity (Wildman–Crippen MR) is 93.3 cm³/mol. The van der Waals surface area contributed by atoms with Gasteiger partial charge in [-0.2, -0.15) is 4.98 Å². The Balaban J connectivity index is 1.77. The van der Waals surface area contributed by atoms with Crippen molar-refractivity contribution >= 4 is 45.4 Å². The number of anilines is 2. The van der Waals surface area contributed by atoms with Crippen LogP contribution < -0.4 is 9.80 Å². The Hall–Kier alpha value is -1.42. The average Bonchev–Trinajstić information content (AvgIpc) is 2.62. The summed E-state index contributed by atoms with van der Waals surface area (Å²) in [5.74, 6) is 2.71. The highest BCUT2D eigenvalue weighted by Gasteiger charge is 2.25. The maximum absolute atomic E-state index is 11.6. The third kappa shape index (κ3) is 3.08. The lowest BCUT2D eigenvalue weighted by Crippen LogP contribution is -2.41. The molecule has 0 amide bonds. The molecule has 2 fully saturated rings. The van der Waals surface area contributed by atoms with Crippen molar-refractivity contribution in [3.63, 3.8) is 0 Å². The van der Waals surface area contributed by atoms with Gasteiger partial charge in [0, 0.05) is 13.1 Å². The van der Waals surface area contributed by atoms with Crippen molar-refractivity contribution in [3.05, 3.63) is 11.6 Å². The van der Waals surface area contributed by atoms with Crippen molar-refractivity contribution in [3.8, 4) is 0 Å². The first-order valence-corrected chi connectivity index (χ1v) is 9.70. The lowest BCUT2D eigenvalue weighted by Gasteiger charge is -2.30. The van der Waals surface area contributed by atoms with E-state index in [-0.39, 0.29) is 5.28 Å². The fourth-order valence-electron chi connectivity index (χ4n) is 2.97. The number of ether oxygens (including phenoxy) is 1. The van der Waals surface area contributed by atoms with E-state index in [1.165, 1.54) is 6.33 Å². The minimum Gasteiger partial charge on any atom is -0.616 e. The van der Waals surface area contributed by atoms with E-state index in [2.05, 4.69) is 29.7 Å². The zero-order valence-corrected chi connectivity index (χ0v) is 14.6. The zero-order chi connectivity index (χ0) is 16.5. The summed E-state index contributed by atoms with van der Waals surface area (Å²) in [6.45, 7) is 4.18. The summed E-state index contributed by atoms with van der Waals surface area (Å²) in [7, 11) is 0. The molecule has 24 heavy (non-hydrogen) atoms. The lowest BCUT2D eigenvalue weighted by atomic mass is 10.3. The van der Waals surface area contributed by atoms with Crippen LogP contribution in [0.1, 0.15) is 0 Å². The molecule has 0 aromatic carbocycles. The second-order valence-corrected chi connectivity index (χ2v) is 7.68. The molecule has 0 saturated carbocycles. The third-order valence-electron chi connectivity index (χ3n) is 4.20. The molecule has 2 saturated heterocycles. The van der Waals surface area contributed by atoms with Crippen molar-refractivity contribution < 1.29 is 9.29 Å². The first-order valence-electron chi connectivity index (χ1n) is 7.83. The SMILES string of the molecule is [O-][S+]1CCN(c2nc(Cl)nc3c(N4CCOCC4)ncnc23)CC1. The molecule has 128 valence electrons. The van der Waals surface area contributed by atoms with E-state index in [0.29, 0.717) is 54.7 Å². The lowest BCUT2D eigenvalue weighted by molar-refractivity contribution is 0.122. The molecule has 0 N–H and O–H groups in total. The fraction of sp³-hybridized carbons (Fsp3) is 0.571. The molecule has 0 unspecified atom stereocenters. The molecule has 2 aliphatic heterocycles. The summed E-state index contributed by atoms with van der Waals surface area (Å²) in [6, 6.07) is 0. The molecule has 10 heteroatoms. The summed E-state index contributed by atoms with van der Waals surface area (Å²) in [6.07, 6.45) is 1.54. The molecule has 8 nitrogen and oxygen atoms in total. The molecule has 0 radical (unpaired) electrons. The van der Waals surface area contributed by atoms with Crippen LogP contribution in [0.5, 0.6) is 0 Å². The van der Waals surface area contributed by atoms with Crippen LogP contribution >= 0.6 is 11.6 Å². The number of rotatable bonds is 2.